The normalized spacial score (nSPS) is 18.4. The number of nitrogens with one attached hydrogen (secondary N) is 2. The molecule has 2 N–H and O–H groups in total. The van der Waals surface area contributed by atoms with Crippen molar-refractivity contribution < 1.29 is 9.59 Å². The Hall–Kier alpha value is -1.82. The highest BCUT2D eigenvalue weighted by atomic mass is 79.9. The van der Waals surface area contributed by atoms with Gasteiger partial charge in [-0.15, -0.1) is 0 Å². The van der Waals surface area contributed by atoms with Crippen LogP contribution in [0.3, 0.4) is 0 Å². The highest BCUT2D eigenvalue weighted by Crippen LogP contribution is 2.29. The summed E-state index contributed by atoms with van der Waals surface area (Å²) in [5, 5.41) is 5.45. The summed E-state index contributed by atoms with van der Waals surface area (Å²) < 4.78 is 0.900. The van der Waals surface area contributed by atoms with Crippen LogP contribution in [0, 0.1) is 0 Å². The molecule has 106 valence electrons. The zero-order valence-corrected chi connectivity index (χ0v) is 13.1. The highest BCUT2D eigenvalue weighted by Gasteiger charge is 2.31. The molecule has 1 aromatic rings. The Morgan fingerprint density at radius 2 is 2.05 bits per heavy atom. The predicted octanol–water partition coefficient (Wildman–Crippen LogP) is 2.17. The lowest BCUT2D eigenvalue weighted by Crippen LogP contribution is -2.46. The number of carbonyl (C=O) groups is 2. The molecule has 0 aliphatic carbocycles. The van der Waals surface area contributed by atoms with Crippen molar-refractivity contribution in [2.75, 3.05) is 14.1 Å². The van der Waals surface area contributed by atoms with Crippen LogP contribution in [0.5, 0.6) is 0 Å². The molecule has 1 aliphatic rings. The molecular formula is C14H16BrN3O2. The summed E-state index contributed by atoms with van der Waals surface area (Å²) in [5.41, 5.74) is 1.99. The van der Waals surface area contributed by atoms with Crippen LogP contribution in [-0.4, -0.2) is 30.9 Å². The lowest BCUT2D eigenvalue weighted by atomic mass is 9.95. The molecule has 1 heterocycles. The number of allylic oxidation sites excluding steroid dienone is 1. The summed E-state index contributed by atoms with van der Waals surface area (Å²) in [6.07, 6.45) is 0. The van der Waals surface area contributed by atoms with E-state index >= 15 is 0 Å². The van der Waals surface area contributed by atoms with Crippen molar-refractivity contribution in [2.45, 2.75) is 13.0 Å². The third-order valence-electron chi connectivity index (χ3n) is 3.09. The lowest BCUT2D eigenvalue weighted by Gasteiger charge is -2.30. The van der Waals surface area contributed by atoms with Crippen LogP contribution in [0.2, 0.25) is 0 Å². The van der Waals surface area contributed by atoms with Crippen molar-refractivity contribution in [3.63, 3.8) is 0 Å². The Bertz CT molecular complexity index is 596. The molecule has 20 heavy (non-hydrogen) atoms. The largest absolute Gasteiger partial charge is 0.345 e. The van der Waals surface area contributed by atoms with E-state index in [1.54, 1.807) is 21.0 Å². The molecule has 0 fully saturated rings. The Kier molecular flexibility index (Phi) is 4.13. The van der Waals surface area contributed by atoms with Crippen molar-refractivity contribution in [3.05, 3.63) is 45.6 Å². The Balaban J connectivity index is 2.50. The zero-order chi connectivity index (χ0) is 14.9. The topological polar surface area (TPSA) is 61.4 Å². The third kappa shape index (κ3) is 2.85. The Morgan fingerprint density at radius 1 is 1.35 bits per heavy atom. The maximum Gasteiger partial charge on any atom is 0.319 e. The van der Waals surface area contributed by atoms with Crippen molar-refractivity contribution in [1.82, 2.24) is 15.5 Å². The van der Waals surface area contributed by atoms with E-state index in [0.29, 0.717) is 11.3 Å². The van der Waals surface area contributed by atoms with Gasteiger partial charge in [0.2, 0.25) is 0 Å². The summed E-state index contributed by atoms with van der Waals surface area (Å²) in [6, 6.07) is 6.81. The fourth-order valence-corrected chi connectivity index (χ4v) is 2.57. The predicted molar refractivity (Wildman–Crippen MR) is 79.9 cm³/mol. The fourth-order valence-electron chi connectivity index (χ4n) is 2.15. The second-order valence-corrected chi connectivity index (χ2v) is 5.74. The van der Waals surface area contributed by atoms with Crippen molar-refractivity contribution in [1.29, 1.82) is 0 Å². The summed E-state index contributed by atoms with van der Waals surface area (Å²) in [6.45, 7) is 1.74. The van der Waals surface area contributed by atoms with Gasteiger partial charge in [-0.05, 0) is 24.6 Å². The van der Waals surface area contributed by atoms with E-state index in [0.717, 1.165) is 10.0 Å². The Labute approximate surface area is 126 Å². The molecule has 1 aliphatic heterocycles. The number of rotatable bonds is 2. The lowest BCUT2D eigenvalue weighted by molar-refractivity contribution is -0.125. The first kappa shape index (κ1) is 14.6. The van der Waals surface area contributed by atoms with Gasteiger partial charge >= 0.3 is 6.03 Å². The summed E-state index contributed by atoms with van der Waals surface area (Å²) in [4.78, 5) is 25.5. The van der Waals surface area contributed by atoms with Crippen LogP contribution in [0.4, 0.5) is 4.79 Å². The SMILES string of the molecule is CC1=C(C(=O)N(C)C)[C@H](c2cccc(Br)c2)NC(=O)N1. The molecule has 0 radical (unpaired) electrons. The second kappa shape index (κ2) is 5.66. The maximum atomic E-state index is 12.3. The fraction of sp³-hybridized carbons (Fsp3) is 0.286. The second-order valence-electron chi connectivity index (χ2n) is 4.82. The summed E-state index contributed by atoms with van der Waals surface area (Å²) >= 11 is 3.41. The number of benzene rings is 1. The van der Waals surface area contributed by atoms with E-state index in [4.69, 9.17) is 0 Å². The molecule has 0 saturated carbocycles. The molecule has 0 saturated heterocycles. The minimum atomic E-state index is -0.448. The maximum absolute atomic E-state index is 12.3. The van der Waals surface area contributed by atoms with E-state index in [2.05, 4.69) is 26.6 Å². The van der Waals surface area contributed by atoms with Gasteiger partial charge in [0.15, 0.2) is 0 Å². The average Bonchev–Trinajstić information content (AvgIpc) is 2.37. The first-order valence-corrected chi connectivity index (χ1v) is 6.95. The molecule has 2 rings (SSSR count). The van der Waals surface area contributed by atoms with Gasteiger partial charge in [0, 0.05) is 24.3 Å². The Morgan fingerprint density at radius 3 is 2.65 bits per heavy atom. The first-order chi connectivity index (χ1) is 9.40. The number of amides is 3. The van der Waals surface area contributed by atoms with Crippen LogP contribution >= 0.6 is 15.9 Å². The summed E-state index contributed by atoms with van der Waals surface area (Å²) in [5.74, 6) is -0.125. The molecule has 0 spiro atoms. The zero-order valence-electron chi connectivity index (χ0n) is 11.5. The van der Waals surface area contributed by atoms with Gasteiger partial charge in [0.05, 0.1) is 11.6 Å². The van der Waals surface area contributed by atoms with Crippen molar-refractivity contribution >= 4 is 27.9 Å². The number of likely N-dealkylation sites (N-methyl/N-ethyl adjacent to an activating group) is 1. The minimum Gasteiger partial charge on any atom is -0.345 e. The van der Waals surface area contributed by atoms with Crippen LogP contribution in [0.25, 0.3) is 0 Å². The van der Waals surface area contributed by atoms with Gasteiger partial charge in [-0.2, -0.15) is 0 Å². The van der Waals surface area contributed by atoms with Gasteiger partial charge in [0.25, 0.3) is 5.91 Å². The monoisotopic (exact) mass is 337 g/mol. The van der Waals surface area contributed by atoms with E-state index < -0.39 is 6.04 Å². The van der Waals surface area contributed by atoms with Gasteiger partial charge in [-0.25, -0.2) is 4.79 Å². The number of urea groups is 1. The minimum absolute atomic E-state index is 0.125. The average molecular weight is 338 g/mol. The molecule has 1 atom stereocenters. The molecule has 5 nitrogen and oxygen atoms in total. The highest BCUT2D eigenvalue weighted by molar-refractivity contribution is 9.10. The van der Waals surface area contributed by atoms with E-state index in [-0.39, 0.29) is 11.9 Å². The number of hydrogen-bond acceptors (Lipinski definition) is 2. The van der Waals surface area contributed by atoms with E-state index in [9.17, 15) is 9.59 Å². The number of hydrogen-bond donors (Lipinski definition) is 2. The van der Waals surface area contributed by atoms with Crippen LogP contribution in [-0.2, 0) is 4.79 Å². The number of carbonyl (C=O) groups excluding carboxylic acids is 2. The standard InChI is InChI=1S/C14H16BrN3O2/c1-8-11(13(19)18(2)3)12(17-14(20)16-8)9-5-4-6-10(15)7-9/h4-7,12H,1-3H3,(H2,16,17,20)/t12-/m0/s1. The van der Waals surface area contributed by atoms with Gasteiger partial charge in [0.1, 0.15) is 0 Å². The molecule has 0 unspecified atom stereocenters. The summed E-state index contributed by atoms with van der Waals surface area (Å²) in [7, 11) is 3.38. The number of halogens is 1. The quantitative estimate of drug-likeness (QED) is 0.868. The molecule has 6 heteroatoms. The van der Waals surface area contributed by atoms with Gasteiger partial charge in [-0.1, -0.05) is 28.1 Å². The molecule has 0 bridgehead atoms. The van der Waals surface area contributed by atoms with Crippen LogP contribution in [0.1, 0.15) is 18.5 Å². The van der Waals surface area contributed by atoms with Crippen LogP contribution in [0.15, 0.2) is 40.0 Å². The first-order valence-electron chi connectivity index (χ1n) is 6.15. The molecular weight excluding hydrogens is 322 g/mol. The van der Waals surface area contributed by atoms with Crippen molar-refractivity contribution in [3.8, 4) is 0 Å². The smallest absolute Gasteiger partial charge is 0.319 e. The molecule has 1 aromatic carbocycles. The van der Waals surface area contributed by atoms with Crippen molar-refractivity contribution in [2.24, 2.45) is 0 Å². The van der Waals surface area contributed by atoms with Crippen LogP contribution < -0.4 is 10.6 Å². The molecule has 3 amide bonds. The van der Waals surface area contributed by atoms with E-state index in [1.165, 1.54) is 4.90 Å². The number of nitrogens with zero attached hydrogens (tertiary/aromatic N) is 1. The third-order valence-corrected chi connectivity index (χ3v) is 3.58. The molecule has 0 aromatic heterocycles. The van der Waals surface area contributed by atoms with Gasteiger partial charge in [-0.3, -0.25) is 4.79 Å². The van der Waals surface area contributed by atoms with E-state index in [1.807, 2.05) is 24.3 Å². The van der Waals surface area contributed by atoms with Gasteiger partial charge < -0.3 is 15.5 Å².